The third-order valence-electron chi connectivity index (χ3n) is 6.82. The summed E-state index contributed by atoms with van der Waals surface area (Å²) < 4.78 is 9.96. The lowest BCUT2D eigenvalue weighted by Crippen LogP contribution is -2.34. The Balaban J connectivity index is 2.13. The molecule has 2 unspecified atom stereocenters. The smallest absolute Gasteiger partial charge is 0.432 e. The maximum atomic E-state index is 13.5. The Bertz CT molecular complexity index is 1130. The zero-order valence-electron chi connectivity index (χ0n) is 23.0. The minimum Gasteiger partial charge on any atom is -0.507 e. The molecule has 1 amide bonds. The normalized spacial score (nSPS) is 13.6. The molecule has 0 aromatic carbocycles. The van der Waals surface area contributed by atoms with Crippen molar-refractivity contribution in [1.82, 2.24) is 0 Å². The number of hydrogen-bond donors (Lipinski definition) is 1. The number of nitrogens with zero attached hydrogens (tertiary/aromatic N) is 1. The first-order valence-corrected chi connectivity index (χ1v) is 13.9. The Morgan fingerprint density at radius 3 is 2.54 bits per heavy atom. The number of ether oxygens (including phenoxy) is 1. The van der Waals surface area contributed by atoms with Crippen molar-refractivity contribution in [3.8, 4) is 5.75 Å². The van der Waals surface area contributed by atoms with Crippen molar-refractivity contribution in [1.29, 1.82) is 0 Å². The van der Waals surface area contributed by atoms with Crippen molar-refractivity contribution >= 4 is 29.4 Å². The molecule has 0 aliphatic rings. The zero-order chi connectivity index (χ0) is 27.6. The van der Waals surface area contributed by atoms with Gasteiger partial charge in [0.15, 0.2) is 5.78 Å². The van der Waals surface area contributed by atoms with Crippen LogP contribution in [0.3, 0.4) is 0 Å². The van der Waals surface area contributed by atoms with Crippen LogP contribution in [0.4, 0.5) is 4.79 Å². The van der Waals surface area contributed by atoms with Crippen LogP contribution in [0.2, 0.25) is 0 Å². The van der Waals surface area contributed by atoms with Gasteiger partial charge in [-0.05, 0) is 62.5 Å². The summed E-state index contributed by atoms with van der Waals surface area (Å²) in [6, 6.07) is 5.69. The summed E-state index contributed by atoms with van der Waals surface area (Å²) in [7, 11) is 1.27. The van der Waals surface area contributed by atoms with E-state index in [-0.39, 0.29) is 23.0 Å². The van der Waals surface area contributed by atoms with Crippen LogP contribution in [0.15, 0.2) is 32.4 Å². The molecule has 0 aliphatic heterocycles. The van der Waals surface area contributed by atoms with E-state index in [2.05, 4.69) is 28.8 Å². The molecule has 0 saturated carbocycles. The van der Waals surface area contributed by atoms with Gasteiger partial charge in [0.05, 0.1) is 7.11 Å². The Morgan fingerprint density at radius 1 is 1.22 bits per heavy atom. The molecule has 0 fully saturated rings. The fraction of sp³-hybridized carbons (Fsp3) is 0.586. The lowest BCUT2D eigenvalue weighted by Gasteiger charge is -2.32. The number of rotatable bonds is 14. The van der Waals surface area contributed by atoms with E-state index in [0.717, 1.165) is 19.3 Å². The number of Topliss-reactive ketones (excluding diaryl/α,β-unsaturated/α-hetero) is 1. The quantitative estimate of drug-likeness (QED) is 0.155. The van der Waals surface area contributed by atoms with Crippen molar-refractivity contribution in [2.75, 3.05) is 7.11 Å². The zero-order valence-corrected chi connectivity index (χ0v) is 23.8. The van der Waals surface area contributed by atoms with E-state index in [1.165, 1.54) is 29.1 Å². The van der Waals surface area contributed by atoms with E-state index in [4.69, 9.17) is 4.42 Å². The molecule has 0 bridgehead atoms. The second-order valence-corrected chi connectivity index (χ2v) is 11.5. The van der Waals surface area contributed by atoms with Crippen LogP contribution >= 0.6 is 11.3 Å². The number of aliphatic imine (C=N–C) groups is 1. The minimum absolute atomic E-state index is 0.159. The number of thiophene rings is 1. The third-order valence-corrected chi connectivity index (χ3v) is 7.96. The Hall–Kier alpha value is -2.74. The number of ketones is 1. The number of carbonyl (C=O) groups excluding carboxylic acids is 2. The highest BCUT2D eigenvalue weighted by Gasteiger charge is 2.37. The van der Waals surface area contributed by atoms with E-state index in [9.17, 15) is 19.5 Å². The summed E-state index contributed by atoms with van der Waals surface area (Å²) in [4.78, 5) is 43.6. The monoisotopic (exact) mass is 531 g/mol. The van der Waals surface area contributed by atoms with Gasteiger partial charge in [0, 0.05) is 33.9 Å². The van der Waals surface area contributed by atoms with Crippen LogP contribution in [0.5, 0.6) is 5.75 Å². The van der Waals surface area contributed by atoms with E-state index in [1.807, 2.05) is 27.7 Å². The summed E-state index contributed by atoms with van der Waals surface area (Å²) >= 11 is 1.79. The molecule has 2 aromatic rings. The van der Waals surface area contributed by atoms with Gasteiger partial charge >= 0.3 is 11.7 Å². The average Bonchev–Trinajstić information content (AvgIpc) is 3.28. The van der Waals surface area contributed by atoms with E-state index in [0.29, 0.717) is 37.9 Å². The Kier molecular flexibility index (Phi) is 11.8. The van der Waals surface area contributed by atoms with Gasteiger partial charge in [0.2, 0.25) is 0 Å². The third kappa shape index (κ3) is 8.66. The molecule has 37 heavy (non-hydrogen) atoms. The number of amides is 1. The molecule has 2 aromatic heterocycles. The van der Waals surface area contributed by atoms with Crippen molar-refractivity contribution in [3.63, 3.8) is 0 Å². The summed E-state index contributed by atoms with van der Waals surface area (Å²) in [6.07, 6.45) is 7.39. The fourth-order valence-corrected chi connectivity index (χ4v) is 5.96. The SMILES string of the molecule is CCCCc1ccc(CC(C)(C)C(CC)C(=O)c2c(O)cc(C(C)CCCC=NC(=O)OC)oc2=O)s1. The molecule has 2 heterocycles. The molecular formula is C29H41NO6S. The summed E-state index contributed by atoms with van der Waals surface area (Å²) in [5.74, 6) is -0.981. The van der Waals surface area contributed by atoms with E-state index < -0.39 is 23.1 Å². The number of methoxy groups -OCH3 is 1. The van der Waals surface area contributed by atoms with E-state index >= 15 is 0 Å². The summed E-state index contributed by atoms with van der Waals surface area (Å²) in [5, 5.41) is 10.7. The lowest BCUT2D eigenvalue weighted by molar-refractivity contribution is 0.0780. The molecule has 8 heteroatoms. The Morgan fingerprint density at radius 2 is 1.92 bits per heavy atom. The molecule has 2 atom stereocenters. The first kappa shape index (κ1) is 30.5. The van der Waals surface area contributed by atoms with Crippen LogP contribution < -0.4 is 5.63 Å². The molecular weight excluding hydrogens is 490 g/mol. The van der Waals surface area contributed by atoms with Gasteiger partial charge in [0.25, 0.3) is 0 Å². The second-order valence-electron chi connectivity index (χ2n) is 10.3. The summed E-state index contributed by atoms with van der Waals surface area (Å²) in [5.41, 5.74) is -1.47. The molecule has 0 saturated heterocycles. The number of aromatic hydroxyl groups is 1. The molecule has 0 aliphatic carbocycles. The predicted molar refractivity (Wildman–Crippen MR) is 148 cm³/mol. The number of carbonyl (C=O) groups is 2. The number of unbranched alkanes of at least 4 members (excludes halogenated alkanes) is 2. The summed E-state index contributed by atoms with van der Waals surface area (Å²) in [6.45, 7) is 10.1. The van der Waals surface area contributed by atoms with Crippen molar-refractivity contribution in [2.45, 2.75) is 91.9 Å². The van der Waals surface area contributed by atoms with Gasteiger partial charge in [-0.25, -0.2) is 9.59 Å². The molecule has 7 nitrogen and oxygen atoms in total. The van der Waals surface area contributed by atoms with Gasteiger partial charge in [-0.1, -0.05) is 41.0 Å². The lowest BCUT2D eigenvalue weighted by atomic mass is 9.71. The predicted octanol–water partition coefficient (Wildman–Crippen LogP) is 7.34. The molecule has 2 rings (SSSR count). The first-order valence-electron chi connectivity index (χ1n) is 13.1. The van der Waals surface area contributed by atoms with Gasteiger partial charge in [-0.15, -0.1) is 11.3 Å². The first-order chi connectivity index (χ1) is 17.5. The number of aryl methyl sites for hydroxylation is 1. The maximum absolute atomic E-state index is 13.5. The molecule has 0 spiro atoms. The Labute approximate surface area is 224 Å². The highest BCUT2D eigenvalue weighted by Crippen LogP contribution is 2.38. The standard InChI is InChI=1S/C29H41NO6S/c1-7-9-13-20-14-15-21(37-20)18-29(4,5)22(8-2)26(32)25-23(31)17-24(36-27(25)33)19(3)12-10-11-16-30-28(34)35-6/h14-17,19,22,31H,7-13,18H2,1-6H3. The second kappa shape index (κ2) is 14.3. The van der Waals surface area contributed by atoms with Crippen molar-refractivity contribution in [3.05, 3.63) is 49.7 Å². The van der Waals surface area contributed by atoms with Crippen molar-refractivity contribution in [2.24, 2.45) is 16.3 Å². The minimum atomic E-state index is -0.800. The fourth-order valence-electron chi connectivity index (χ4n) is 4.66. The van der Waals surface area contributed by atoms with Gasteiger partial charge in [-0.3, -0.25) is 4.79 Å². The van der Waals surface area contributed by atoms with Gasteiger partial charge in [-0.2, -0.15) is 4.99 Å². The van der Waals surface area contributed by atoms with E-state index in [1.54, 1.807) is 11.3 Å². The van der Waals surface area contributed by atoms with Crippen LogP contribution in [-0.2, 0) is 17.6 Å². The highest BCUT2D eigenvalue weighted by molar-refractivity contribution is 7.12. The van der Waals surface area contributed by atoms with Gasteiger partial charge < -0.3 is 14.3 Å². The topological polar surface area (TPSA) is 106 Å². The molecule has 1 N–H and O–H groups in total. The van der Waals surface area contributed by atoms with Crippen LogP contribution in [-0.4, -0.2) is 30.3 Å². The van der Waals surface area contributed by atoms with Crippen LogP contribution in [0, 0.1) is 11.3 Å². The molecule has 0 radical (unpaired) electrons. The number of hydrogen-bond acceptors (Lipinski definition) is 7. The molecule has 204 valence electrons. The maximum Gasteiger partial charge on any atom is 0.432 e. The highest BCUT2D eigenvalue weighted by atomic mass is 32.1. The average molecular weight is 532 g/mol. The van der Waals surface area contributed by atoms with Gasteiger partial charge in [0.1, 0.15) is 17.1 Å². The van der Waals surface area contributed by atoms with Crippen molar-refractivity contribution < 1.29 is 23.8 Å². The van der Waals surface area contributed by atoms with Crippen LogP contribution in [0.25, 0.3) is 0 Å². The van der Waals surface area contributed by atoms with Crippen LogP contribution in [0.1, 0.15) is 105 Å². The largest absolute Gasteiger partial charge is 0.507 e.